The predicted octanol–water partition coefficient (Wildman–Crippen LogP) is 5.94. The maximum atomic E-state index is 13.0. The van der Waals surface area contributed by atoms with Crippen LogP contribution in [0.5, 0.6) is 11.5 Å². The van der Waals surface area contributed by atoms with Crippen LogP contribution in [0.15, 0.2) is 65.6 Å². The van der Waals surface area contributed by atoms with Gasteiger partial charge in [-0.3, -0.25) is 14.4 Å². The summed E-state index contributed by atoms with van der Waals surface area (Å²) >= 11 is 1.26. The number of benzene rings is 2. The molecule has 0 aliphatic rings. The molecule has 4 aromatic rings. The summed E-state index contributed by atoms with van der Waals surface area (Å²) in [4.78, 5) is 38.3. The Hall–Kier alpha value is -4.17. The van der Waals surface area contributed by atoms with Gasteiger partial charge in [-0.15, -0.1) is 11.3 Å². The second-order valence-corrected chi connectivity index (χ2v) is 9.75. The highest BCUT2D eigenvalue weighted by atomic mass is 32.1. The molecule has 0 unspecified atom stereocenters. The Labute approximate surface area is 219 Å². The lowest BCUT2D eigenvalue weighted by Crippen LogP contribution is -2.21. The van der Waals surface area contributed by atoms with Crippen LogP contribution in [0.25, 0.3) is 21.2 Å². The fraction of sp³-hybridized carbons (Fsp3) is 0.207. The van der Waals surface area contributed by atoms with Crippen molar-refractivity contribution in [3.63, 3.8) is 0 Å². The molecule has 0 aliphatic heterocycles. The average molecular weight is 516 g/mol. The number of aromatic nitrogens is 1. The minimum absolute atomic E-state index is 0.194. The van der Waals surface area contributed by atoms with Gasteiger partial charge in [-0.25, -0.2) is 0 Å². The highest BCUT2D eigenvalue weighted by Gasteiger charge is 2.20. The fourth-order valence-electron chi connectivity index (χ4n) is 4.11. The number of hydrogen-bond donors (Lipinski definition) is 2. The SMILES string of the molecule is CC=CC(=O)Nc1ccc(Oc2c(C)cccc2C)c(-c2cn(C)c(=O)c3cc(C(=O)NCC)sc23)c1. The van der Waals surface area contributed by atoms with Crippen molar-refractivity contribution in [2.45, 2.75) is 27.7 Å². The molecule has 2 N–H and O–H groups in total. The van der Waals surface area contributed by atoms with Crippen LogP contribution in [0.3, 0.4) is 0 Å². The second kappa shape index (κ2) is 10.8. The van der Waals surface area contributed by atoms with Crippen molar-refractivity contribution >= 4 is 38.9 Å². The van der Waals surface area contributed by atoms with Gasteiger partial charge in [0.1, 0.15) is 11.5 Å². The maximum absolute atomic E-state index is 13.0. The lowest BCUT2D eigenvalue weighted by Gasteiger charge is -2.17. The van der Waals surface area contributed by atoms with E-state index in [2.05, 4.69) is 10.6 Å². The molecule has 0 bridgehead atoms. The summed E-state index contributed by atoms with van der Waals surface area (Å²) in [5, 5.41) is 6.12. The van der Waals surface area contributed by atoms with Crippen LogP contribution in [-0.4, -0.2) is 22.9 Å². The van der Waals surface area contributed by atoms with Gasteiger partial charge < -0.3 is 19.9 Å². The molecule has 7 nitrogen and oxygen atoms in total. The Morgan fingerprint density at radius 1 is 1.08 bits per heavy atom. The van der Waals surface area contributed by atoms with Crippen molar-refractivity contribution in [1.82, 2.24) is 9.88 Å². The van der Waals surface area contributed by atoms with Crippen LogP contribution in [0.2, 0.25) is 0 Å². The number of hydrogen-bond acceptors (Lipinski definition) is 5. The normalized spacial score (nSPS) is 11.2. The van der Waals surface area contributed by atoms with E-state index in [1.54, 1.807) is 38.4 Å². The number of allylic oxidation sites excluding steroid dienone is 1. The Kier molecular flexibility index (Phi) is 7.59. The molecule has 8 heteroatoms. The van der Waals surface area contributed by atoms with E-state index >= 15 is 0 Å². The lowest BCUT2D eigenvalue weighted by atomic mass is 10.0. The van der Waals surface area contributed by atoms with Crippen LogP contribution >= 0.6 is 11.3 Å². The molecule has 190 valence electrons. The van der Waals surface area contributed by atoms with E-state index in [4.69, 9.17) is 4.74 Å². The number of aryl methyl sites for hydroxylation is 3. The molecule has 0 fully saturated rings. The number of rotatable bonds is 7. The summed E-state index contributed by atoms with van der Waals surface area (Å²) in [7, 11) is 1.68. The molecule has 37 heavy (non-hydrogen) atoms. The molecule has 2 aromatic carbocycles. The smallest absolute Gasteiger partial charge is 0.261 e. The number of anilines is 1. The summed E-state index contributed by atoms with van der Waals surface area (Å²) in [6, 6.07) is 13.0. The van der Waals surface area contributed by atoms with E-state index in [-0.39, 0.29) is 17.4 Å². The van der Waals surface area contributed by atoms with Gasteiger partial charge in [-0.05, 0) is 69.2 Å². The zero-order chi connectivity index (χ0) is 26.7. The van der Waals surface area contributed by atoms with Gasteiger partial charge in [0.2, 0.25) is 5.91 Å². The van der Waals surface area contributed by atoms with Crippen molar-refractivity contribution < 1.29 is 14.3 Å². The minimum Gasteiger partial charge on any atom is -0.456 e. The van der Waals surface area contributed by atoms with Gasteiger partial charge in [0.15, 0.2) is 0 Å². The summed E-state index contributed by atoms with van der Waals surface area (Å²) in [6.45, 7) is 8.07. The largest absolute Gasteiger partial charge is 0.456 e. The summed E-state index contributed by atoms with van der Waals surface area (Å²) < 4.78 is 8.63. The van der Waals surface area contributed by atoms with E-state index in [1.807, 2.05) is 51.1 Å². The van der Waals surface area contributed by atoms with Gasteiger partial charge in [-0.1, -0.05) is 24.3 Å². The fourth-order valence-corrected chi connectivity index (χ4v) is 5.21. The van der Waals surface area contributed by atoms with Gasteiger partial charge in [-0.2, -0.15) is 0 Å². The zero-order valence-electron chi connectivity index (χ0n) is 21.5. The highest BCUT2D eigenvalue weighted by Crippen LogP contribution is 2.41. The molecule has 4 rings (SSSR count). The first kappa shape index (κ1) is 25.9. The van der Waals surface area contributed by atoms with E-state index in [1.165, 1.54) is 22.0 Å². The highest BCUT2D eigenvalue weighted by molar-refractivity contribution is 7.21. The number of fused-ring (bicyclic) bond motifs is 1. The third kappa shape index (κ3) is 5.34. The molecule has 0 saturated heterocycles. The number of carbonyl (C=O) groups is 2. The molecule has 0 atom stereocenters. The number of amides is 2. The van der Waals surface area contributed by atoms with Crippen molar-refractivity contribution in [2.24, 2.45) is 7.05 Å². The molecule has 0 saturated carbocycles. The Morgan fingerprint density at radius 2 is 1.81 bits per heavy atom. The number of ether oxygens (including phenoxy) is 1. The maximum Gasteiger partial charge on any atom is 0.261 e. The first-order chi connectivity index (χ1) is 17.7. The summed E-state index contributed by atoms with van der Waals surface area (Å²) in [5.74, 6) is 0.826. The number of carbonyl (C=O) groups excluding carboxylic acids is 2. The molecule has 2 aromatic heterocycles. The minimum atomic E-state index is -0.253. The third-order valence-corrected chi connectivity index (χ3v) is 7.05. The molecule has 0 aliphatic carbocycles. The molecular formula is C29H29N3O4S. The van der Waals surface area contributed by atoms with Gasteiger partial charge >= 0.3 is 0 Å². The van der Waals surface area contributed by atoms with Crippen molar-refractivity contribution in [2.75, 3.05) is 11.9 Å². The van der Waals surface area contributed by atoms with E-state index < -0.39 is 0 Å². The van der Waals surface area contributed by atoms with E-state index in [0.717, 1.165) is 22.4 Å². The van der Waals surface area contributed by atoms with Gasteiger partial charge in [0, 0.05) is 36.6 Å². The first-order valence-corrected chi connectivity index (χ1v) is 12.8. The van der Waals surface area contributed by atoms with Crippen molar-refractivity contribution in [3.05, 3.63) is 87.2 Å². The van der Waals surface area contributed by atoms with Crippen LogP contribution in [0.1, 0.15) is 34.6 Å². The number of pyridine rings is 1. The molecular weight excluding hydrogens is 486 g/mol. The summed E-state index contributed by atoms with van der Waals surface area (Å²) in [6.07, 6.45) is 4.86. The average Bonchev–Trinajstić information content (AvgIpc) is 3.31. The first-order valence-electron chi connectivity index (χ1n) is 12.0. The molecule has 2 heterocycles. The van der Waals surface area contributed by atoms with Crippen LogP contribution in [-0.2, 0) is 11.8 Å². The topological polar surface area (TPSA) is 89.4 Å². The Morgan fingerprint density at radius 3 is 2.49 bits per heavy atom. The Bertz CT molecular complexity index is 1580. The van der Waals surface area contributed by atoms with Crippen molar-refractivity contribution in [3.8, 4) is 22.6 Å². The zero-order valence-corrected chi connectivity index (χ0v) is 22.3. The number of thiophene rings is 1. The van der Waals surface area contributed by atoms with E-state index in [0.29, 0.717) is 38.5 Å². The molecule has 0 spiro atoms. The Balaban J connectivity index is 1.95. The second-order valence-electron chi connectivity index (χ2n) is 8.69. The van der Waals surface area contributed by atoms with Gasteiger partial charge in [0.25, 0.3) is 11.5 Å². The molecule has 2 amide bonds. The standard InChI is InChI=1S/C29H29N3O4S/c1-6-9-25(33)31-19-12-13-23(36-26-17(3)10-8-11-18(26)4)20(14-19)22-16-32(5)29(35)21-15-24(37-27(21)22)28(34)30-7-2/h6,8-16H,7H2,1-5H3,(H,30,34)(H,31,33). The lowest BCUT2D eigenvalue weighted by molar-refractivity contribution is -0.111. The predicted molar refractivity (Wildman–Crippen MR) is 150 cm³/mol. The monoisotopic (exact) mass is 515 g/mol. The number of para-hydroxylation sites is 1. The number of nitrogens with one attached hydrogen (secondary N) is 2. The van der Waals surface area contributed by atoms with E-state index in [9.17, 15) is 14.4 Å². The number of nitrogens with zero attached hydrogens (tertiary/aromatic N) is 1. The van der Waals surface area contributed by atoms with Crippen LogP contribution in [0, 0.1) is 13.8 Å². The molecule has 0 radical (unpaired) electrons. The van der Waals surface area contributed by atoms with Crippen LogP contribution < -0.4 is 20.9 Å². The van der Waals surface area contributed by atoms with Crippen LogP contribution in [0.4, 0.5) is 5.69 Å². The quantitative estimate of drug-likeness (QED) is 0.298. The van der Waals surface area contributed by atoms with Gasteiger partial charge in [0.05, 0.1) is 15.0 Å². The van der Waals surface area contributed by atoms with Crippen molar-refractivity contribution in [1.29, 1.82) is 0 Å². The third-order valence-electron chi connectivity index (χ3n) is 5.89. The summed E-state index contributed by atoms with van der Waals surface area (Å²) in [5.41, 5.74) is 3.76.